The number of thioether (sulfide) groups is 1. The van der Waals surface area contributed by atoms with E-state index in [2.05, 4.69) is 35.9 Å². The van der Waals surface area contributed by atoms with Crippen molar-refractivity contribution in [3.63, 3.8) is 0 Å². The van der Waals surface area contributed by atoms with E-state index in [9.17, 15) is 0 Å². The van der Waals surface area contributed by atoms with Gasteiger partial charge in [0, 0.05) is 30.1 Å². The van der Waals surface area contributed by atoms with Crippen molar-refractivity contribution in [1.82, 2.24) is 10.2 Å². The standard InChI is InChI=1S/C14H28N2S/c1-12-4-3-5-14(10-12)16(2)8-6-13-11-17-9-7-15-13/h12-15H,3-11H2,1-2H3. The van der Waals surface area contributed by atoms with Gasteiger partial charge in [-0.3, -0.25) is 0 Å². The van der Waals surface area contributed by atoms with Crippen molar-refractivity contribution in [1.29, 1.82) is 0 Å². The van der Waals surface area contributed by atoms with E-state index in [1.807, 2.05) is 0 Å². The van der Waals surface area contributed by atoms with Gasteiger partial charge in [-0.05, 0) is 38.8 Å². The maximum atomic E-state index is 3.64. The minimum Gasteiger partial charge on any atom is -0.312 e. The third kappa shape index (κ3) is 4.46. The molecule has 0 radical (unpaired) electrons. The number of hydrogen-bond donors (Lipinski definition) is 1. The van der Waals surface area contributed by atoms with Gasteiger partial charge in [-0.1, -0.05) is 19.8 Å². The summed E-state index contributed by atoms with van der Waals surface area (Å²) in [6.45, 7) is 4.90. The average molecular weight is 256 g/mol. The predicted octanol–water partition coefficient (Wildman–Crippen LogP) is 2.59. The molecule has 3 heteroatoms. The molecule has 0 aromatic rings. The number of nitrogens with zero attached hydrogens (tertiary/aromatic N) is 1. The summed E-state index contributed by atoms with van der Waals surface area (Å²) in [6.07, 6.45) is 7.06. The first-order chi connectivity index (χ1) is 8.25. The van der Waals surface area contributed by atoms with Gasteiger partial charge in [0.1, 0.15) is 0 Å². The predicted molar refractivity (Wildman–Crippen MR) is 77.8 cm³/mol. The van der Waals surface area contributed by atoms with Gasteiger partial charge < -0.3 is 10.2 Å². The Kier molecular flexibility index (Phi) is 5.64. The van der Waals surface area contributed by atoms with E-state index in [0.29, 0.717) is 0 Å². The molecule has 2 fully saturated rings. The van der Waals surface area contributed by atoms with Crippen molar-refractivity contribution in [2.45, 2.75) is 51.1 Å². The summed E-state index contributed by atoms with van der Waals surface area (Å²) in [5.74, 6) is 3.56. The fourth-order valence-corrected chi connectivity index (χ4v) is 4.15. The molecule has 1 saturated carbocycles. The van der Waals surface area contributed by atoms with E-state index < -0.39 is 0 Å². The first kappa shape index (κ1) is 13.7. The lowest BCUT2D eigenvalue weighted by Gasteiger charge is -2.35. The summed E-state index contributed by atoms with van der Waals surface area (Å²) in [7, 11) is 2.33. The zero-order chi connectivity index (χ0) is 12.1. The highest BCUT2D eigenvalue weighted by molar-refractivity contribution is 7.99. The van der Waals surface area contributed by atoms with Crippen molar-refractivity contribution in [2.75, 3.05) is 31.6 Å². The van der Waals surface area contributed by atoms with Crippen molar-refractivity contribution >= 4 is 11.8 Å². The topological polar surface area (TPSA) is 15.3 Å². The van der Waals surface area contributed by atoms with E-state index >= 15 is 0 Å². The maximum absolute atomic E-state index is 3.64. The Labute approximate surface area is 111 Å². The third-order valence-corrected chi connectivity index (χ3v) is 5.49. The maximum Gasteiger partial charge on any atom is 0.0170 e. The minimum atomic E-state index is 0.761. The highest BCUT2D eigenvalue weighted by Crippen LogP contribution is 2.26. The molecule has 1 N–H and O–H groups in total. The zero-order valence-corrected chi connectivity index (χ0v) is 12.3. The second-order valence-corrected chi connectivity index (χ2v) is 7.07. The van der Waals surface area contributed by atoms with Crippen LogP contribution in [0.5, 0.6) is 0 Å². The van der Waals surface area contributed by atoms with Gasteiger partial charge in [0.2, 0.25) is 0 Å². The van der Waals surface area contributed by atoms with Gasteiger partial charge in [0.05, 0.1) is 0 Å². The molecule has 1 aliphatic heterocycles. The van der Waals surface area contributed by atoms with Crippen LogP contribution in [-0.4, -0.2) is 48.6 Å². The average Bonchev–Trinajstić information content (AvgIpc) is 2.37. The van der Waals surface area contributed by atoms with Crippen LogP contribution >= 0.6 is 11.8 Å². The molecule has 2 nitrogen and oxygen atoms in total. The van der Waals surface area contributed by atoms with E-state index in [1.165, 1.54) is 56.7 Å². The molecule has 3 unspecified atom stereocenters. The quantitative estimate of drug-likeness (QED) is 0.832. The molecule has 3 atom stereocenters. The molecular weight excluding hydrogens is 228 g/mol. The Morgan fingerprint density at radius 2 is 2.24 bits per heavy atom. The number of hydrogen-bond acceptors (Lipinski definition) is 3. The molecule has 0 spiro atoms. The van der Waals surface area contributed by atoms with E-state index in [1.54, 1.807) is 0 Å². The molecule has 1 heterocycles. The Bertz CT molecular complexity index is 216. The summed E-state index contributed by atoms with van der Waals surface area (Å²) in [5.41, 5.74) is 0. The molecule has 0 amide bonds. The summed E-state index contributed by atoms with van der Waals surface area (Å²) < 4.78 is 0. The Morgan fingerprint density at radius 1 is 1.35 bits per heavy atom. The van der Waals surface area contributed by atoms with E-state index in [0.717, 1.165) is 18.0 Å². The lowest BCUT2D eigenvalue weighted by atomic mass is 9.86. The van der Waals surface area contributed by atoms with E-state index in [4.69, 9.17) is 0 Å². The lowest BCUT2D eigenvalue weighted by molar-refractivity contribution is 0.159. The Balaban J connectivity index is 1.67. The summed E-state index contributed by atoms with van der Waals surface area (Å²) in [6, 6.07) is 1.62. The van der Waals surface area contributed by atoms with Gasteiger partial charge in [0.25, 0.3) is 0 Å². The Hall–Kier alpha value is 0.270. The molecule has 2 aliphatic rings. The van der Waals surface area contributed by atoms with Crippen LogP contribution in [0.15, 0.2) is 0 Å². The van der Waals surface area contributed by atoms with Gasteiger partial charge in [-0.25, -0.2) is 0 Å². The van der Waals surface area contributed by atoms with Crippen LogP contribution in [0.2, 0.25) is 0 Å². The fourth-order valence-electron chi connectivity index (χ4n) is 3.15. The largest absolute Gasteiger partial charge is 0.312 e. The molecule has 1 saturated heterocycles. The number of rotatable bonds is 4. The first-order valence-electron chi connectivity index (χ1n) is 7.27. The normalized spacial score (nSPS) is 35.1. The van der Waals surface area contributed by atoms with Crippen LogP contribution in [0.4, 0.5) is 0 Å². The van der Waals surface area contributed by atoms with Crippen molar-refractivity contribution in [3.05, 3.63) is 0 Å². The SMILES string of the molecule is CC1CCCC(N(C)CCC2CSCCN2)C1. The van der Waals surface area contributed by atoms with Crippen molar-refractivity contribution in [2.24, 2.45) is 5.92 Å². The lowest BCUT2D eigenvalue weighted by Crippen LogP contribution is -2.42. The Morgan fingerprint density at radius 3 is 2.94 bits per heavy atom. The molecule has 17 heavy (non-hydrogen) atoms. The summed E-state index contributed by atoms with van der Waals surface area (Å²) in [5, 5.41) is 3.64. The highest BCUT2D eigenvalue weighted by Gasteiger charge is 2.23. The van der Waals surface area contributed by atoms with Crippen LogP contribution in [0.3, 0.4) is 0 Å². The smallest absolute Gasteiger partial charge is 0.0170 e. The van der Waals surface area contributed by atoms with Crippen LogP contribution < -0.4 is 5.32 Å². The van der Waals surface area contributed by atoms with E-state index in [-0.39, 0.29) is 0 Å². The number of nitrogens with one attached hydrogen (secondary N) is 1. The molecular formula is C14H28N2S. The van der Waals surface area contributed by atoms with Crippen molar-refractivity contribution < 1.29 is 0 Å². The zero-order valence-electron chi connectivity index (χ0n) is 11.5. The molecule has 1 aliphatic carbocycles. The van der Waals surface area contributed by atoms with Gasteiger partial charge >= 0.3 is 0 Å². The molecule has 0 bridgehead atoms. The van der Waals surface area contributed by atoms with Crippen molar-refractivity contribution in [3.8, 4) is 0 Å². The van der Waals surface area contributed by atoms with Gasteiger partial charge in [0.15, 0.2) is 0 Å². The summed E-state index contributed by atoms with van der Waals surface area (Å²) >= 11 is 2.11. The van der Waals surface area contributed by atoms with Gasteiger partial charge in [-0.2, -0.15) is 11.8 Å². The second kappa shape index (κ2) is 7.01. The summed E-state index contributed by atoms with van der Waals surface area (Å²) in [4.78, 5) is 2.62. The second-order valence-electron chi connectivity index (χ2n) is 5.92. The molecule has 0 aromatic carbocycles. The molecule has 100 valence electrons. The monoisotopic (exact) mass is 256 g/mol. The third-order valence-electron chi connectivity index (χ3n) is 4.36. The molecule has 2 rings (SSSR count). The van der Waals surface area contributed by atoms with Crippen LogP contribution in [0, 0.1) is 5.92 Å². The highest BCUT2D eigenvalue weighted by atomic mass is 32.2. The minimum absolute atomic E-state index is 0.761. The van der Waals surface area contributed by atoms with Gasteiger partial charge in [-0.15, -0.1) is 0 Å². The first-order valence-corrected chi connectivity index (χ1v) is 8.42. The fraction of sp³-hybridized carbons (Fsp3) is 1.00. The molecule has 0 aromatic heterocycles. The van der Waals surface area contributed by atoms with Crippen LogP contribution in [0.1, 0.15) is 39.0 Å². The van der Waals surface area contributed by atoms with Crippen LogP contribution in [-0.2, 0) is 0 Å². The van der Waals surface area contributed by atoms with Crippen LogP contribution in [0.25, 0.3) is 0 Å².